The van der Waals surface area contributed by atoms with Crippen LogP contribution in [0.25, 0.3) is 5.57 Å². The number of hydrogen-bond donors (Lipinski definition) is 0. The van der Waals surface area contributed by atoms with Crippen molar-refractivity contribution in [2.24, 2.45) is 0 Å². The van der Waals surface area contributed by atoms with E-state index in [4.69, 9.17) is 9.47 Å². The fraction of sp³-hybridized carbons (Fsp3) is 0.130. The molecule has 0 spiro atoms. The van der Waals surface area contributed by atoms with Gasteiger partial charge in [-0.25, -0.2) is 9.59 Å². The summed E-state index contributed by atoms with van der Waals surface area (Å²) < 4.78 is 9.96. The minimum Gasteiger partial charge on any atom is -0.467 e. The summed E-state index contributed by atoms with van der Waals surface area (Å²) in [5.74, 6) is -1.92. The van der Waals surface area contributed by atoms with Crippen LogP contribution in [0.15, 0.2) is 71.4 Å². The van der Waals surface area contributed by atoms with E-state index in [1.165, 1.54) is 19.1 Å². The lowest BCUT2D eigenvalue weighted by Gasteiger charge is -2.36. The second-order valence-electron chi connectivity index (χ2n) is 6.62. The fourth-order valence-corrected chi connectivity index (χ4v) is 3.94. The number of esters is 2. The van der Waals surface area contributed by atoms with E-state index >= 15 is 0 Å². The number of nitriles is 1. The van der Waals surface area contributed by atoms with Crippen LogP contribution in [0.4, 0.5) is 5.69 Å². The number of carbonyl (C=O) groups is 3. The Morgan fingerprint density at radius 1 is 0.933 bits per heavy atom. The molecule has 148 valence electrons. The normalized spacial score (nSPS) is 17.3. The molecule has 0 amide bonds. The standard InChI is InChI=1S/C23H16N2O5/c1-29-22(27)19-17-14-10-6-7-11-15(14)21(26)18(17)16(12-24)25(20(19)23(28)30-2)13-8-4-3-5-9-13/h3-11,20H,1-2H3. The Morgan fingerprint density at radius 3 is 2.17 bits per heavy atom. The number of benzene rings is 2. The molecule has 7 nitrogen and oxygen atoms in total. The zero-order valence-electron chi connectivity index (χ0n) is 16.2. The molecular weight excluding hydrogens is 384 g/mol. The Hall–Kier alpha value is -4.18. The zero-order valence-corrected chi connectivity index (χ0v) is 16.2. The highest BCUT2D eigenvalue weighted by molar-refractivity contribution is 6.31. The average molecular weight is 400 g/mol. The van der Waals surface area contributed by atoms with Gasteiger partial charge in [0, 0.05) is 16.8 Å². The summed E-state index contributed by atoms with van der Waals surface area (Å²) >= 11 is 0. The number of ketones is 1. The van der Waals surface area contributed by atoms with Crippen molar-refractivity contribution in [2.45, 2.75) is 6.04 Å². The predicted molar refractivity (Wildman–Crippen MR) is 107 cm³/mol. The van der Waals surface area contributed by atoms with Crippen molar-refractivity contribution in [1.82, 2.24) is 0 Å². The minimum atomic E-state index is -1.29. The monoisotopic (exact) mass is 400 g/mol. The van der Waals surface area contributed by atoms with Gasteiger partial charge in [0.25, 0.3) is 0 Å². The average Bonchev–Trinajstić information content (AvgIpc) is 3.09. The number of nitrogens with zero attached hydrogens (tertiary/aromatic N) is 2. The number of allylic oxidation sites excluding steroid dienone is 3. The first-order valence-electron chi connectivity index (χ1n) is 9.08. The van der Waals surface area contributed by atoms with Gasteiger partial charge in [0.2, 0.25) is 0 Å². The Balaban J connectivity index is 2.14. The molecule has 0 saturated heterocycles. The van der Waals surface area contributed by atoms with Crippen LogP contribution in [0.2, 0.25) is 0 Å². The summed E-state index contributed by atoms with van der Waals surface area (Å²) in [5, 5.41) is 10.0. The van der Waals surface area contributed by atoms with E-state index in [-0.39, 0.29) is 28.2 Å². The first-order chi connectivity index (χ1) is 14.5. The predicted octanol–water partition coefficient (Wildman–Crippen LogP) is 2.65. The van der Waals surface area contributed by atoms with Crippen molar-refractivity contribution >= 4 is 29.0 Å². The number of para-hydroxylation sites is 1. The van der Waals surface area contributed by atoms with Crippen molar-refractivity contribution in [2.75, 3.05) is 19.1 Å². The van der Waals surface area contributed by atoms with E-state index in [2.05, 4.69) is 6.07 Å². The highest BCUT2D eigenvalue weighted by Crippen LogP contribution is 2.47. The molecule has 0 fully saturated rings. The van der Waals surface area contributed by atoms with Gasteiger partial charge >= 0.3 is 11.9 Å². The first kappa shape index (κ1) is 19.2. The maximum atomic E-state index is 13.2. The third kappa shape index (κ3) is 2.62. The van der Waals surface area contributed by atoms with E-state index in [1.807, 2.05) is 0 Å². The minimum absolute atomic E-state index is 0.0274. The number of fused-ring (bicyclic) bond motifs is 3. The maximum absolute atomic E-state index is 13.2. The first-order valence-corrected chi connectivity index (χ1v) is 9.08. The van der Waals surface area contributed by atoms with Gasteiger partial charge in [0.05, 0.1) is 25.4 Å². The summed E-state index contributed by atoms with van der Waals surface area (Å²) in [5.41, 5.74) is 1.54. The van der Waals surface area contributed by atoms with Crippen LogP contribution in [0, 0.1) is 11.3 Å². The molecular formula is C23H16N2O5. The van der Waals surface area contributed by atoms with Crippen LogP contribution in [0.5, 0.6) is 0 Å². The smallest absolute Gasteiger partial charge is 0.337 e. The van der Waals surface area contributed by atoms with Crippen molar-refractivity contribution in [3.8, 4) is 6.07 Å². The quantitative estimate of drug-likeness (QED) is 0.731. The largest absolute Gasteiger partial charge is 0.467 e. The fourth-order valence-electron chi connectivity index (χ4n) is 3.94. The van der Waals surface area contributed by atoms with Crippen molar-refractivity contribution in [3.05, 3.63) is 82.6 Å². The van der Waals surface area contributed by atoms with Crippen LogP contribution >= 0.6 is 0 Å². The number of carbonyl (C=O) groups excluding carboxylic acids is 3. The summed E-state index contributed by atoms with van der Waals surface area (Å²) in [6.07, 6.45) is 0. The van der Waals surface area contributed by atoms with E-state index in [9.17, 15) is 19.6 Å². The molecule has 30 heavy (non-hydrogen) atoms. The van der Waals surface area contributed by atoms with Gasteiger partial charge in [-0.3, -0.25) is 4.79 Å². The molecule has 2 aromatic rings. The number of ether oxygens (including phenoxy) is 2. The summed E-state index contributed by atoms with van der Waals surface area (Å²) in [7, 11) is 2.40. The molecule has 0 bridgehead atoms. The van der Waals surface area contributed by atoms with Gasteiger partial charge in [-0.2, -0.15) is 5.26 Å². The van der Waals surface area contributed by atoms with Crippen molar-refractivity contribution in [1.29, 1.82) is 5.26 Å². The summed E-state index contributed by atoms with van der Waals surface area (Å²) in [6.45, 7) is 0. The van der Waals surface area contributed by atoms with Crippen LogP contribution in [-0.4, -0.2) is 38.0 Å². The topological polar surface area (TPSA) is 96.7 Å². The van der Waals surface area contributed by atoms with Gasteiger partial charge in [-0.1, -0.05) is 42.5 Å². The molecule has 1 heterocycles. The van der Waals surface area contributed by atoms with Crippen molar-refractivity contribution in [3.63, 3.8) is 0 Å². The molecule has 0 N–H and O–H groups in total. The molecule has 0 saturated carbocycles. The lowest BCUT2D eigenvalue weighted by molar-refractivity contribution is -0.144. The third-order valence-corrected chi connectivity index (χ3v) is 5.17. The molecule has 7 heteroatoms. The number of Topliss-reactive ketones (excluding diaryl/α,β-unsaturated/α-hetero) is 1. The summed E-state index contributed by atoms with van der Waals surface area (Å²) in [4.78, 5) is 40.4. The number of hydrogen-bond acceptors (Lipinski definition) is 7. The van der Waals surface area contributed by atoms with Crippen molar-refractivity contribution < 1.29 is 23.9 Å². The van der Waals surface area contributed by atoms with Gasteiger partial charge in [-0.15, -0.1) is 0 Å². The lowest BCUT2D eigenvalue weighted by Crippen LogP contribution is -2.48. The molecule has 1 atom stereocenters. The molecule has 4 rings (SSSR count). The summed E-state index contributed by atoms with van der Waals surface area (Å²) in [6, 6.07) is 16.1. The van der Waals surface area contributed by atoms with Gasteiger partial charge < -0.3 is 14.4 Å². The molecule has 1 unspecified atom stereocenters. The van der Waals surface area contributed by atoms with Gasteiger partial charge in [-0.05, 0) is 17.7 Å². The number of rotatable bonds is 3. The molecule has 0 radical (unpaired) electrons. The second-order valence-corrected chi connectivity index (χ2v) is 6.62. The molecule has 2 aromatic carbocycles. The van der Waals surface area contributed by atoms with E-state index in [1.54, 1.807) is 54.6 Å². The van der Waals surface area contributed by atoms with Crippen LogP contribution in [-0.2, 0) is 19.1 Å². The highest BCUT2D eigenvalue weighted by atomic mass is 16.5. The van der Waals surface area contributed by atoms with Crippen LogP contribution in [0.1, 0.15) is 15.9 Å². The Bertz CT molecular complexity index is 1190. The van der Waals surface area contributed by atoms with Crippen LogP contribution < -0.4 is 4.90 Å². The van der Waals surface area contributed by atoms with Crippen LogP contribution in [0.3, 0.4) is 0 Å². The molecule has 1 aliphatic carbocycles. The van der Waals surface area contributed by atoms with E-state index < -0.39 is 18.0 Å². The molecule has 1 aliphatic heterocycles. The number of anilines is 1. The number of methoxy groups -OCH3 is 2. The molecule has 0 aromatic heterocycles. The van der Waals surface area contributed by atoms with E-state index in [0.717, 1.165) is 0 Å². The third-order valence-electron chi connectivity index (χ3n) is 5.17. The SMILES string of the molecule is COC(=O)C1=C2C(=C(C#N)N(c3ccccc3)C1C(=O)OC)C(=O)c1ccccc12. The van der Waals surface area contributed by atoms with Gasteiger partial charge in [0.15, 0.2) is 11.8 Å². The Labute approximate surface area is 172 Å². The Kier molecular flexibility index (Phi) is 4.68. The Morgan fingerprint density at radius 2 is 1.57 bits per heavy atom. The molecule has 2 aliphatic rings. The zero-order chi connectivity index (χ0) is 21.4. The van der Waals surface area contributed by atoms with Gasteiger partial charge in [0.1, 0.15) is 11.8 Å². The highest BCUT2D eigenvalue weighted by Gasteiger charge is 2.49. The maximum Gasteiger partial charge on any atom is 0.337 e. The lowest BCUT2D eigenvalue weighted by atomic mass is 9.87. The second kappa shape index (κ2) is 7.33. The van der Waals surface area contributed by atoms with E-state index in [0.29, 0.717) is 16.8 Å².